The van der Waals surface area contributed by atoms with Gasteiger partial charge in [-0.3, -0.25) is 8.98 Å². The number of alkyl halides is 3. The van der Waals surface area contributed by atoms with Gasteiger partial charge in [-0.2, -0.15) is 21.6 Å². The average Bonchev–Trinajstić information content (AvgIpc) is 2.38. The van der Waals surface area contributed by atoms with E-state index in [1.54, 1.807) is 0 Å². The Balaban J connectivity index is 2.25. The zero-order valence-corrected chi connectivity index (χ0v) is 13.1. The van der Waals surface area contributed by atoms with Crippen LogP contribution in [0.5, 0.6) is 0 Å². The average molecular weight is 351 g/mol. The number of hydrogen-bond donors (Lipinski definition) is 1. The van der Waals surface area contributed by atoms with Gasteiger partial charge >= 0.3 is 6.18 Å². The minimum atomic E-state index is -4.73. The topological polar surface area (TPSA) is 72.5 Å². The Morgan fingerprint density at radius 1 is 1.35 bits per heavy atom. The van der Waals surface area contributed by atoms with Crippen LogP contribution in [0.3, 0.4) is 0 Å². The van der Waals surface area contributed by atoms with E-state index in [0.717, 1.165) is 37.7 Å². The van der Waals surface area contributed by atoms with Crippen molar-refractivity contribution in [3.8, 4) is 0 Å². The molecule has 1 N–H and O–H groups in total. The molecule has 128 valence electrons. The van der Waals surface area contributed by atoms with Crippen molar-refractivity contribution in [2.75, 3.05) is 6.26 Å². The van der Waals surface area contributed by atoms with E-state index in [1.165, 1.54) is 6.07 Å². The highest BCUT2D eigenvalue weighted by Gasteiger charge is 2.36. The van der Waals surface area contributed by atoms with Gasteiger partial charge in [-0.15, -0.1) is 0 Å². The minimum Gasteiger partial charge on any atom is -0.349 e. The number of carbonyl (C=O) groups is 1. The van der Waals surface area contributed by atoms with Crippen LogP contribution in [-0.2, 0) is 27.1 Å². The fourth-order valence-corrected chi connectivity index (χ4v) is 2.45. The first kappa shape index (κ1) is 17.7. The van der Waals surface area contributed by atoms with Crippen LogP contribution in [0.25, 0.3) is 0 Å². The molecular weight excluding hydrogens is 335 g/mol. The van der Waals surface area contributed by atoms with Crippen LogP contribution in [0.4, 0.5) is 13.2 Å². The molecular formula is C14H16F3NO4S. The lowest BCUT2D eigenvalue weighted by atomic mass is 9.92. The molecule has 2 rings (SSSR count). The first-order valence-electron chi connectivity index (χ1n) is 6.91. The molecule has 1 aliphatic rings. The van der Waals surface area contributed by atoms with Crippen molar-refractivity contribution in [2.24, 2.45) is 0 Å². The second kappa shape index (κ2) is 6.48. The third-order valence-corrected chi connectivity index (χ3v) is 4.06. The molecule has 0 aromatic heterocycles. The fraction of sp³-hybridized carbons (Fsp3) is 0.500. The Hall–Kier alpha value is -1.61. The third-order valence-electron chi connectivity index (χ3n) is 3.51. The van der Waals surface area contributed by atoms with E-state index in [9.17, 15) is 26.4 Å². The van der Waals surface area contributed by atoms with Crippen LogP contribution in [-0.4, -0.2) is 26.6 Å². The number of hydrogen-bond acceptors (Lipinski definition) is 4. The van der Waals surface area contributed by atoms with Gasteiger partial charge in [0.2, 0.25) is 0 Å². The number of carbonyl (C=O) groups excluding carboxylic acids is 1. The number of halogens is 3. The van der Waals surface area contributed by atoms with Crippen LogP contribution in [0, 0.1) is 0 Å². The standard InChI is InChI=1S/C14H16F3NO4S/c1-23(20,21)22-8-9-5-6-11(12(7-9)14(15,16)17)13(19)18-10-3-2-4-10/h5-7,10H,2-4,8H2,1H3,(H,18,19). The molecule has 1 fully saturated rings. The first-order chi connectivity index (χ1) is 10.6. The number of rotatable bonds is 5. The van der Waals surface area contributed by atoms with Crippen LogP contribution >= 0.6 is 0 Å². The molecule has 0 heterocycles. The second-order valence-corrected chi connectivity index (χ2v) is 7.09. The lowest BCUT2D eigenvalue weighted by Crippen LogP contribution is -2.40. The van der Waals surface area contributed by atoms with E-state index in [2.05, 4.69) is 9.50 Å². The molecule has 0 unspecified atom stereocenters. The zero-order valence-electron chi connectivity index (χ0n) is 12.3. The van der Waals surface area contributed by atoms with Crippen LogP contribution in [0.15, 0.2) is 18.2 Å². The van der Waals surface area contributed by atoms with Gasteiger partial charge in [0.25, 0.3) is 16.0 Å². The summed E-state index contributed by atoms with van der Waals surface area (Å²) in [7, 11) is -3.77. The summed E-state index contributed by atoms with van der Waals surface area (Å²) in [5.74, 6) is -0.780. The Bertz CT molecular complexity index is 696. The maximum atomic E-state index is 13.2. The normalized spacial score (nSPS) is 16.0. The number of nitrogens with one attached hydrogen (secondary N) is 1. The summed E-state index contributed by atoms with van der Waals surface area (Å²) in [6, 6.07) is 2.94. The summed E-state index contributed by atoms with van der Waals surface area (Å²) in [5, 5.41) is 2.55. The van der Waals surface area contributed by atoms with E-state index in [4.69, 9.17) is 0 Å². The van der Waals surface area contributed by atoms with Gasteiger partial charge in [-0.05, 0) is 37.0 Å². The molecule has 1 amide bonds. The molecule has 1 aliphatic carbocycles. The molecule has 0 spiro atoms. The molecule has 1 aromatic rings. The van der Waals surface area contributed by atoms with Crippen molar-refractivity contribution in [1.82, 2.24) is 5.32 Å². The lowest BCUT2D eigenvalue weighted by molar-refractivity contribution is -0.138. The summed E-state index contributed by atoms with van der Waals surface area (Å²) in [6.45, 7) is -0.521. The lowest BCUT2D eigenvalue weighted by Gasteiger charge is -2.27. The van der Waals surface area contributed by atoms with Crippen LogP contribution in [0.1, 0.15) is 40.7 Å². The van der Waals surface area contributed by atoms with Crippen molar-refractivity contribution in [3.63, 3.8) is 0 Å². The van der Waals surface area contributed by atoms with Gasteiger partial charge in [0.1, 0.15) is 0 Å². The molecule has 23 heavy (non-hydrogen) atoms. The predicted octanol–water partition coefficient (Wildman–Crippen LogP) is 2.46. The molecule has 5 nitrogen and oxygen atoms in total. The SMILES string of the molecule is CS(=O)(=O)OCc1ccc(C(=O)NC2CCC2)c(C(F)(F)F)c1. The molecule has 9 heteroatoms. The van der Waals surface area contributed by atoms with E-state index in [-0.39, 0.29) is 11.6 Å². The maximum Gasteiger partial charge on any atom is 0.417 e. The minimum absolute atomic E-state index is 0.0166. The van der Waals surface area contributed by atoms with Crippen LogP contribution in [0.2, 0.25) is 0 Å². The van der Waals surface area contributed by atoms with E-state index < -0.39 is 39.9 Å². The Morgan fingerprint density at radius 3 is 2.48 bits per heavy atom. The summed E-state index contributed by atoms with van der Waals surface area (Å²) in [5.41, 5.74) is -1.57. The Kier molecular flexibility index (Phi) is 5.00. The fourth-order valence-electron chi connectivity index (χ4n) is 2.10. The van der Waals surface area contributed by atoms with Crippen LogP contribution < -0.4 is 5.32 Å². The highest BCUT2D eigenvalue weighted by molar-refractivity contribution is 7.85. The predicted molar refractivity (Wildman–Crippen MR) is 76.2 cm³/mol. The smallest absolute Gasteiger partial charge is 0.349 e. The van der Waals surface area contributed by atoms with Gasteiger partial charge in [0.05, 0.1) is 24.0 Å². The van der Waals surface area contributed by atoms with E-state index in [0.29, 0.717) is 0 Å². The summed E-state index contributed by atoms with van der Waals surface area (Å²) >= 11 is 0. The highest BCUT2D eigenvalue weighted by Crippen LogP contribution is 2.33. The molecule has 1 saturated carbocycles. The summed E-state index contributed by atoms with van der Waals surface area (Å²) in [6.07, 6.45) is -1.47. The van der Waals surface area contributed by atoms with Crippen molar-refractivity contribution in [3.05, 3.63) is 34.9 Å². The Morgan fingerprint density at radius 2 is 2.00 bits per heavy atom. The molecule has 0 saturated heterocycles. The van der Waals surface area contributed by atoms with Gasteiger partial charge < -0.3 is 5.32 Å². The number of amides is 1. The molecule has 1 aromatic carbocycles. The zero-order chi connectivity index (χ0) is 17.3. The van der Waals surface area contributed by atoms with Gasteiger partial charge in [-0.25, -0.2) is 0 Å². The van der Waals surface area contributed by atoms with E-state index in [1.807, 2.05) is 0 Å². The molecule has 0 atom stereocenters. The Labute approximate surface area is 132 Å². The summed E-state index contributed by atoms with van der Waals surface area (Å²) < 4.78 is 65.8. The van der Waals surface area contributed by atoms with Gasteiger partial charge in [0.15, 0.2) is 0 Å². The number of benzene rings is 1. The largest absolute Gasteiger partial charge is 0.417 e. The third kappa shape index (κ3) is 4.93. The molecule has 0 bridgehead atoms. The quantitative estimate of drug-likeness (QED) is 0.827. The first-order valence-corrected chi connectivity index (χ1v) is 8.73. The molecule has 0 radical (unpaired) electrons. The van der Waals surface area contributed by atoms with Gasteiger partial charge in [-0.1, -0.05) is 6.07 Å². The second-order valence-electron chi connectivity index (χ2n) is 5.45. The van der Waals surface area contributed by atoms with Crippen molar-refractivity contribution < 1.29 is 30.6 Å². The molecule has 0 aliphatic heterocycles. The van der Waals surface area contributed by atoms with E-state index >= 15 is 0 Å². The monoisotopic (exact) mass is 351 g/mol. The van der Waals surface area contributed by atoms with Gasteiger partial charge in [0, 0.05) is 6.04 Å². The van der Waals surface area contributed by atoms with Crippen molar-refractivity contribution in [2.45, 2.75) is 38.1 Å². The van der Waals surface area contributed by atoms with Crippen molar-refractivity contribution >= 4 is 16.0 Å². The maximum absolute atomic E-state index is 13.2. The van der Waals surface area contributed by atoms with Crippen molar-refractivity contribution in [1.29, 1.82) is 0 Å². The highest BCUT2D eigenvalue weighted by atomic mass is 32.2. The summed E-state index contributed by atoms with van der Waals surface area (Å²) in [4.78, 5) is 12.0.